The van der Waals surface area contributed by atoms with Crippen LogP contribution < -0.4 is 0 Å². The molecule has 2 aromatic heterocycles. The molecule has 0 aliphatic carbocycles. The highest BCUT2D eigenvalue weighted by atomic mass is 19.1. The lowest BCUT2D eigenvalue weighted by Crippen LogP contribution is -2.40. The highest BCUT2D eigenvalue weighted by Gasteiger charge is 2.26. The van der Waals surface area contributed by atoms with Crippen LogP contribution in [0, 0.1) is 18.7 Å². The molecule has 1 aliphatic heterocycles. The maximum Gasteiger partial charge on any atom is 0.256 e. The molecule has 150 valence electrons. The number of aromatic nitrogens is 4. The number of nitrogens with zero attached hydrogens (tertiary/aromatic N) is 5. The lowest BCUT2D eigenvalue weighted by atomic mass is 9.93. The number of carbonyl (C=O) groups is 1. The molecule has 29 heavy (non-hydrogen) atoms. The van der Waals surface area contributed by atoms with Crippen LogP contribution in [0.2, 0.25) is 0 Å². The zero-order valence-electron chi connectivity index (χ0n) is 16.7. The van der Waals surface area contributed by atoms with E-state index in [9.17, 15) is 9.18 Å². The van der Waals surface area contributed by atoms with Gasteiger partial charge in [-0.2, -0.15) is 0 Å². The van der Waals surface area contributed by atoms with Crippen LogP contribution in [-0.4, -0.2) is 43.4 Å². The summed E-state index contributed by atoms with van der Waals surface area (Å²) in [5.41, 5.74) is 2.76. The van der Waals surface area contributed by atoms with Crippen LogP contribution in [0.15, 0.2) is 42.9 Å². The van der Waals surface area contributed by atoms with Gasteiger partial charge in [-0.3, -0.25) is 9.78 Å². The van der Waals surface area contributed by atoms with Gasteiger partial charge in [0.25, 0.3) is 5.91 Å². The molecule has 1 amide bonds. The zero-order valence-corrected chi connectivity index (χ0v) is 16.7. The Morgan fingerprint density at radius 3 is 2.83 bits per heavy atom. The van der Waals surface area contributed by atoms with Crippen LogP contribution >= 0.6 is 0 Å². The van der Waals surface area contributed by atoms with Gasteiger partial charge in [0.05, 0.1) is 29.3 Å². The first-order valence-electron chi connectivity index (χ1n) is 9.86. The maximum absolute atomic E-state index is 14.0. The number of imidazole rings is 1. The quantitative estimate of drug-likeness (QED) is 0.681. The van der Waals surface area contributed by atoms with Crippen LogP contribution in [0.5, 0.6) is 0 Å². The SMILES string of the molecule is Cc1ncc(-c2cncc(CC3CCCN(C(=O)c4ccccc4F)C3)n2)n1C. The van der Waals surface area contributed by atoms with E-state index in [1.54, 1.807) is 41.7 Å². The minimum absolute atomic E-state index is 0.140. The van der Waals surface area contributed by atoms with Gasteiger partial charge in [0, 0.05) is 26.3 Å². The van der Waals surface area contributed by atoms with Crippen LogP contribution in [0.3, 0.4) is 0 Å². The van der Waals surface area contributed by atoms with E-state index >= 15 is 0 Å². The second-order valence-electron chi connectivity index (χ2n) is 7.59. The Balaban J connectivity index is 1.47. The number of carbonyl (C=O) groups excluding carboxylic acids is 1. The summed E-state index contributed by atoms with van der Waals surface area (Å²) in [6, 6.07) is 6.17. The molecule has 1 aliphatic rings. The van der Waals surface area contributed by atoms with E-state index in [1.165, 1.54) is 6.07 Å². The van der Waals surface area contributed by atoms with Gasteiger partial charge in [0.2, 0.25) is 0 Å². The van der Waals surface area contributed by atoms with Crippen LogP contribution in [0.25, 0.3) is 11.4 Å². The monoisotopic (exact) mass is 393 g/mol. The van der Waals surface area contributed by atoms with Gasteiger partial charge in [-0.1, -0.05) is 12.1 Å². The molecule has 3 heterocycles. The molecular formula is C22H24FN5O. The number of amides is 1. The molecule has 4 rings (SSSR count). The molecule has 1 saturated heterocycles. The van der Waals surface area contributed by atoms with Crippen molar-refractivity contribution in [2.24, 2.45) is 13.0 Å². The summed E-state index contributed by atoms with van der Waals surface area (Å²) >= 11 is 0. The van der Waals surface area contributed by atoms with Crippen molar-refractivity contribution in [2.75, 3.05) is 13.1 Å². The van der Waals surface area contributed by atoms with Crippen molar-refractivity contribution >= 4 is 5.91 Å². The minimum atomic E-state index is -0.468. The molecule has 3 aromatic rings. The van der Waals surface area contributed by atoms with E-state index in [4.69, 9.17) is 4.98 Å². The summed E-state index contributed by atoms with van der Waals surface area (Å²) in [6.07, 6.45) is 7.98. The molecule has 6 nitrogen and oxygen atoms in total. The number of piperidine rings is 1. The van der Waals surface area contributed by atoms with Crippen LogP contribution in [-0.2, 0) is 13.5 Å². The molecule has 0 spiro atoms. The van der Waals surface area contributed by atoms with Crippen molar-refractivity contribution < 1.29 is 9.18 Å². The van der Waals surface area contributed by atoms with E-state index in [2.05, 4.69) is 9.97 Å². The molecule has 0 radical (unpaired) electrons. The Hall–Kier alpha value is -3.09. The fraction of sp³-hybridized carbons (Fsp3) is 0.364. The summed E-state index contributed by atoms with van der Waals surface area (Å²) in [5, 5.41) is 0. The minimum Gasteiger partial charge on any atom is -0.338 e. The Morgan fingerprint density at radius 1 is 1.24 bits per heavy atom. The van der Waals surface area contributed by atoms with Crippen molar-refractivity contribution in [3.8, 4) is 11.4 Å². The summed E-state index contributed by atoms with van der Waals surface area (Å²) in [4.78, 5) is 28.0. The highest BCUT2D eigenvalue weighted by molar-refractivity contribution is 5.94. The lowest BCUT2D eigenvalue weighted by molar-refractivity contribution is 0.0668. The third-order valence-corrected chi connectivity index (χ3v) is 5.58. The first-order valence-corrected chi connectivity index (χ1v) is 9.86. The predicted octanol–water partition coefficient (Wildman–Crippen LogP) is 3.42. The molecule has 0 N–H and O–H groups in total. The lowest BCUT2D eigenvalue weighted by Gasteiger charge is -2.32. The number of benzene rings is 1. The zero-order chi connectivity index (χ0) is 20.4. The van der Waals surface area contributed by atoms with Gasteiger partial charge in [-0.15, -0.1) is 0 Å². The second kappa shape index (κ2) is 8.11. The number of aryl methyl sites for hydroxylation is 1. The first kappa shape index (κ1) is 19.2. The van der Waals surface area contributed by atoms with Crippen LogP contribution in [0.1, 0.15) is 34.7 Å². The standard InChI is InChI=1S/C22H24FN5O/c1-15-25-13-21(27(15)2)20-12-24-11-17(26-20)10-16-6-5-9-28(14-16)22(29)18-7-3-4-8-19(18)23/h3-4,7-8,11-13,16H,5-6,9-10,14H2,1-2H3. The van der Waals surface area contributed by atoms with Gasteiger partial charge in [0.1, 0.15) is 17.3 Å². The molecule has 0 saturated carbocycles. The average molecular weight is 393 g/mol. The molecule has 1 aromatic carbocycles. The Kier molecular flexibility index (Phi) is 5.38. The molecule has 1 atom stereocenters. The van der Waals surface area contributed by atoms with Gasteiger partial charge < -0.3 is 9.47 Å². The summed E-state index contributed by atoms with van der Waals surface area (Å²) in [5.74, 6) is 0.488. The number of hydrogen-bond acceptors (Lipinski definition) is 4. The summed E-state index contributed by atoms with van der Waals surface area (Å²) < 4.78 is 16.0. The molecule has 0 bridgehead atoms. The second-order valence-corrected chi connectivity index (χ2v) is 7.59. The average Bonchev–Trinajstić information content (AvgIpc) is 3.07. The summed E-state index contributed by atoms with van der Waals surface area (Å²) in [7, 11) is 1.96. The smallest absolute Gasteiger partial charge is 0.256 e. The van der Waals surface area contributed by atoms with Crippen molar-refractivity contribution in [3.05, 3.63) is 65.8 Å². The van der Waals surface area contributed by atoms with Gasteiger partial charge in [-0.25, -0.2) is 14.4 Å². The van der Waals surface area contributed by atoms with E-state index in [1.807, 2.05) is 18.5 Å². The van der Waals surface area contributed by atoms with Gasteiger partial charge in [0.15, 0.2) is 0 Å². The van der Waals surface area contributed by atoms with Crippen molar-refractivity contribution in [2.45, 2.75) is 26.2 Å². The van der Waals surface area contributed by atoms with Gasteiger partial charge in [-0.05, 0) is 44.2 Å². The Morgan fingerprint density at radius 2 is 2.07 bits per heavy atom. The largest absolute Gasteiger partial charge is 0.338 e. The number of rotatable bonds is 4. The Labute approximate surface area is 169 Å². The van der Waals surface area contributed by atoms with Gasteiger partial charge >= 0.3 is 0 Å². The van der Waals surface area contributed by atoms with E-state index < -0.39 is 5.82 Å². The number of hydrogen-bond donors (Lipinski definition) is 0. The van der Waals surface area contributed by atoms with E-state index in [0.717, 1.165) is 42.2 Å². The van der Waals surface area contributed by atoms with Crippen molar-refractivity contribution in [3.63, 3.8) is 0 Å². The fourth-order valence-corrected chi connectivity index (χ4v) is 3.89. The number of halogens is 1. The highest BCUT2D eigenvalue weighted by Crippen LogP contribution is 2.23. The van der Waals surface area contributed by atoms with E-state index in [-0.39, 0.29) is 17.4 Å². The number of likely N-dealkylation sites (tertiary alicyclic amines) is 1. The van der Waals surface area contributed by atoms with Crippen molar-refractivity contribution in [1.82, 2.24) is 24.4 Å². The van der Waals surface area contributed by atoms with E-state index in [0.29, 0.717) is 13.1 Å². The topological polar surface area (TPSA) is 63.9 Å². The molecule has 1 unspecified atom stereocenters. The molecular weight excluding hydrogens is 369 g/mol. The maximum atomic E-state index is 14.0. The Bertz CT molecular complexity index is 1030. The molecule has 7 heteroatoms. The summed E-state index contributed by atoms with van der Waals surface area (Å²) in [6.45, 7) is 3.21. The normalized spacial score (nSPS) is 16.8. The fourth-order valence-electron chi connectivity index (χ4n) is 3.89. The third-order valence-electron chi connectivity index (χ3n) is 5.58. The van der Waals surface area contributed by atoms with Crippen molar-refractivity contribution in [1.29, 1.82) is 0 Å². The first-order chi connectivity index (χ1) is 14.0. The predicted molar refractivity (Wildman–Crippen MR) is 108 cm³/mol. The third kappa shape index (κ3) is 4.04. The van der Waals surface area contributed by atoms with Crippen LogP contribution in [0.4, 0.5) is 4.39 Å². The molecule has 1 fully saturated rings.